The molecule has 3 nitrogen and oxygen atoms in total. The smallest absolute Gasteiger partial charge is 0.102 e. The van der Waals surface area contributed by atoms with Crippen LogP contribution in [0.4, 0.5) is 0 Å². The molecular weight excluding hydrogens is 463 g/mol. The van der Waals surface area contributed by atoms with Crippen molar-refractivity contribution in [2.24, 2.45) is 0 Å². The van der Waals surface area contributed by atoms with Crippen LogP contribution >= 0.6 is 34.0 Å². The van der Waals surface area contributed by atoms with E-state index in [1.165, 1.54) is 46.0 Å². The van der Waals surface area contributed by atoms with E-state index >= 15 is 0 Å². The fourth-order valence-electron chi connectivity index (χ4n) is 4.47. The SMILES string of the molecule is Cc1cc2sc(-n3c4ccccc4c4cc(-c5cc(-c6cccs6)ccn5)ncc43)cc2s1. The molecule has 6 heteroatoms. The van der Waals surface area contributed by atoms with Crippen molar-refractivity contribution in [2.75, 3.05) is 0 Å². The lowest BCUT2D eigenvalue weighted by Crippen LogP contribution is -1.92. The lowest BCUT2D eigenvalue weighted by molar-refractivity contribution is 1.20. The van der Waals surface area contributed by atoms with E-state index in [9.17, 15) is 0 Å². The second kappa shape index (κ2) is 7.35. The fraction of sp³-hybridized carbons (Fsp3) is 0.0370. The average Bonchev–Trinajstić information content (AvgIpc) is 3.61. The Labute approximate surface area is 202 Å². The van der Waals surface area contributed by atoms with Crippen LogP contribution in [0.3, 0.4) is 0 Å². The van der Waals surface area contributed by atoms with Gasteiger partial charge < -0.3 is 0 Å². The van der Waals surface area contributed by atoms with Crippen molar-refractivity contribution in [2.45, 2.75) is 6.92 Å². The third kappa shape index (κ3) is 3.06. The van der Waals surface area contributed by atoms with Crippen molar-refractivity contribution < 1.29 is 0 Å². The Hall–Kier alpha value is -3.32. The molecule has 7 rings (SSSR count). The molecule has 6 heterocycles. The first-order chi connectivity index (χ1) is 16.2. The molecule has 33 heavy (non-hydrogen) atoms. The molecule has 158 valence electrons. The molecule has 0 radical (unpaired) electrons. The summed E-state index contributed by atoms with van der Waals surface area (Å²) in [5.74, 6) is 0. The highest BCUT2D eigenvalue weighted by Crippen LogP contribution is 2.40. The minimum atomic E-state index is 0.895. The van der Waals surface area contributed by atoms with Crippen molar-refractivity contribution in [1.29, 1.82) is 0 Å². The van der Waals surface area contributed by atoms with Gasteiger partial charge in [-0.25, -0.2) is 0 Å². The molecule has 0 atom stereocenters. The van der Waals surface area contributed by atoms with Crippen LogP contribution in [-0.4, -0.2) is 14.5 Å². The normalized spacial score (nSPS) is 11.8. The molecule has 0 unspecified atom stereocenters. The second-order valence-corrected chi connectivity index (χ2v) is 11.3. The number of aryl methyl sites for hydroxylation is 1. The van der Waals surface area contributed by atoms with Crippen molar-refractivity contribution in [1.82, 2.24) is 14.5 Å². The number of benzene rings is 1. The first-order valence-electron chi connectivity index (χ1n) is 10.6. The number of aromatic nitrogens is 3. The van der Waals surface area contributed by atoms with Crippen LogP contribution in [0.1, 0.15) is 4.88 Å². The van der Waals surface area contributed by atoms with E-state index in [-0.39, 0.29) is 0 Å². The third-order valence-electron chi connectivity index (χ3n) is 5.92. The lowest BCUT2D eigenvalue weighted by Gasteiger charge is -2.05. The second-order valence-electron chi connectivity index (χ2n) is 8.02. The minimum Gasteiger partial charge on any atom is -0.299 e. The third-order valence-corrected chi connectivity index (χ3v) is 9.04. The van der Waals surface area contributed by atoms with Gasteiger partial charge >= 0.3 is 0 Å². The van der Waals surface area contributed by atoms with E-state index in [4.69, 9.17) is 4.98 Å². The highest BCUT2D eigenvalue weighted by atomic mass is 32.1. The molecule has 0 bridgehead atoms. The van der Waals surface area contributed by atoms with Crippen LogP contribution in [0.5, 0.6) is 0 Å². The topological polar surface area (TPSA) is 30.7 Å². The summed E-state index contributed by atoms with van der Waals surface area (Å²) in [6, 6.07) is 23.8. The number of nitrogens with zero attached hydrogens (tertiary/aromatic N) is 3. The Kier molecular flexibility index (Phi) is 4.27. The van der Waals surface area contributed by atoms with Gasteiger partial charge in [0, 0.05) is 36.1 Å². The van der Waals surface area contributed by atoms with Crippen LogP contribution in [0.2, 0.25) is 0 Å². The Morgan fingerprint density at radius 3 is 2.52 bits per heavy atom. The van der Waals surface area contributed by atoms with E-state index in [1.807, 2.05) is 35.1 Å². The standard InChI is InChI=1S/C27H17N3S3/c1-16-11-25-26(32-16)14-27(33-25)30-22-6-3-2-5-18(22)19-13-21(29-15-23(19)30)20-12-17(8-9-28-20)24-7-4-10-31-24/h2-15H,1H3. The van der Waals surface area contributed by atoms with Crippen LogP contribution in [0.25, 0.3) is 58.0 Å². The summed E-state index contributed by atoms with van der Waals surface area (Å²) in [6.07, 6.45) is 3.88. The molecule has 0 amide bonds. The van der Waals surface area contributed by atoms with Crippen LogP contribution in [0, 0.1) is 6.92 Å². The maximum absolute atomic E-state index is 4.86. The van der Waals surface area contributed by atoms with Crippen LogP contribution in [0.15, 0.2) is 84.5 Å². The van der Waals surface area contributed by atoms with Gasteiger partial charge in [-0.15, -0.1) is 34.0 Å². The first kappa shape index (κ1) is 19.2. The van der Waals surface area contributed by atoms with Crippen LogP contribution in [-0.2, 0) is 0 Å². The maximum atomic E-state index is 4.86. The van der Waals surface area contributed by atoms with E-state index in [2.05, 4.69) is 88.6 Å². The van der Waals surface area contributed by atoms with E-state index < -0.39 is 0 Å². The quantitative estimate of drug-likeness (QED) is 0.254. The summed E-state index contributed by atoms with van der Waals surface area (Å²) < 4.78 is 5.04. The van der Waals surface area contributed by atoms with E-state index in [0.29, 0.717) is 0 Å². The van der Waals surface area contributed by atoms with Gasteiger partial charge in [-0.05, 0) is 60.3 Å². The van der Waals surface area contributed by atoms with Gasteiger partial charge in [0.1, 0.15) is 5.00 Å². The Balaban J connectivity index is 1.44. The van der Waals surface area contributed by atoms with Crippen molar-refractivity contribution >= 4 is 65.2 Å². The largest absolute Gasteiger partial charge is 0.299 e. The number of fused-ring (bicyclic) bond motifs is 4. The molecule has 0 N–H and O–H groups in total. The number of hydrogen-bond acceptors (Lipinski definition) is 5. The number of para-hydroxylation sites is 1. The van der Waals surface area contributed by atoms with Gasteiger partial charge in [0.25, 0.3) is 0 Å². The van der Waals surface area contributed by atoms with Gasteiger partial charge in [0.2, 0.25) is 0 Å². The lowest BCUT2D eigenvalue weighted by atomic mass is 10.1. The first-order valence-corrected chi connectivity index (χ1v) is 13.2. The van der Waals surface area contributed by atoms with Gasteiger partial charge in [-0.3, -0.25) is 14.5 Å². The molecule has 0 spiro atoms. The highest BCUT2D eigenvalue weighted by molar-refractivity contribution is 7.29. The van der Waals surface area contributed by atoms with E-state index in [0.717, 1.165) is 16.9 Å². The zero-order valence-electron chi connectivity index (χ0n) is 17.6. The summed E-state index contributed by atoms with van der Waals surface area (Å²) in [5, 5.41) is 5.77. The Morgan fingerprint density at radius 1 is 0.758 bits per heavy atom. The molecular formula is C27H17N3S3. The molecule has 0 saturated carbocycles. The van der Waals surface area contributed by atoms with Gasteiger partial charge in [-0.1, -0.05) is 24.3 Å². The molecule has 0 aliphatic heterocycles. The summed E-state index contributed by atoms with van der Waals surface area (Å²) in [7, 11) is 0. The minimum absolute atomic E-state index is 0.895. The van der Waals surface area contributed by atoms with Crippen molar-refractivity contribution in [3.8, 4) is 26.8 Å². The molecule has 0 fully saturated rings. The number of rotatable bonds is 3. The monoisotopic (exact) mass is 479 g/mol. The molecule has 0 aliphatic rings. The number of hydrogen-bond donors (Lipinski definition) is 0. The van der Waals surface area contributed by atoms with Crippen LogP contribution < -0.4 is 0 Å². The van der Waals surface area contributed by atoms with Gasteiger partial charge in [0.15, 0.2) is 0 Å². The summed E-state index contributed by atoms with van der Waals surface area (Å²) >= 11 is 5.43. The Bertz CT molecular complexity index is 1750. The fourth-order valence-corrected chi connectivity index (χ4v) is 7.53. The summed E-state index contributed by atoms with van der Waals surface area (Å²) in [4.78, 5) is 12.1. The average molecular weight is 480 g/mol. The number of pyridine rings is 2. The zero-order chi connectivity index (χ0) is 21.9. The molecule has 6 aromatic heterocycles. The predicted octanol–water partition coefficient (Wildman–Crippen LogP) is 8.55. The van der Waals surface area contributed by atoms with E-state index in [1.54, 1.807) is 11.3 Å². The van der Waals surface area contributed by atoms with Gasteiger partial charge in [0.05, 0.1) is 28.6 Å². The van der Waals surface area contributed by atoms with Crippen molar-refractivity contribution in [3.63, 3.8) is 0 Å². The molecule has 0 saturated heterocycles. The van der Waals surface area contributed by atoms with Gasteiger partial charge in [-0.2, -0.15) is 0 Å². The van der Waals surface area contributed by atoms with Crippen molar-refractivity contribution in [3.05, 3.63) is 89.4 Å². The predicted molar refractivity (Wildman–Crippen MR) is 143 cm³/mol. The molecule has 1 aromatic carbocycles. The number of thiophene rings is 3. The molecule has 0 aliphatic carbocycles. The molecule has 7 aromatic rings. The highest BCUT2D eigenvalue weighted by Gasteiger charge is 2.16. The zero-order valence-corrected chi connectivity index (χ0v) is 20.1. The maximum Gasteiger partial charge on any atom is 0.102 e. The summed E-state index contributed by atoms with van der Waals surface area (Å²) in [6.45, 7) is 2.17. The Morgan fingerprint density at radius 2 is 1.64 bits per heavy atom. The summed E-state index contributed by atoms with van der Waals surface area (Å²) in [5.41, 5.74) is 5.30.